The average molecular weight is 380 g/mol. The number of hydrogen-bond donors (Lipinski definition) is 1. The van der Waals surface area contributed by atoms with Gasteiger partial charge in [-0.1, -0.05) is 53.5 Å². The smallest absolute Gasteiger partial charge is 0.308 e. The van der Waals surface area contributed by atoms with Gasteiger partial charge in [-0.25, -0.2) is 0 Å². The maximum absolute atomic E-state index is 12.4. The Balaban J connectivity index is 2.11. The molecule has 0 aliphatic rings. The molecular formula is C19H19Cl2NO3. The lowest BCUT2D eigenvalue weighted by Crippen LogP contribution is -2.32. The van der Waals surface area contributed by atoms with E-state index in [4.69, 9.17) is 27.9 Å². The van der Waals surface area contributed by atoms with E-state index in [0.717, 1.165) is 5.56 Å². The molecule has 6 heteroatoms. The van der Waals surface area contributed by atoms with Crippen LogP contribution in [-0.4, -0.2) is 18.5 Å². The van der Waals surface area contributed by atoms with Gasteiger partial charge in [0, 0.05) is 10.0 Å². The molecule has 0 aliphatic carbocycles. The van der Waals surface area contributed by atoms with Crippen LogP contribution < -0.4 is 5.32 Å². The summed E-state index contributed by atoms with van der Waals surface area (Å²) >= 11 is 12.1. The van der Waals surface area contributed by atoms with E-state index < -0.39 is 6.04 Å². The standard InChI is InChI=1S/C19H19Cl2NO3/c1-2-25-19(24)12-17(15-5-3-4-6-16(15)21)22-18(23)11-13-7-9-14(20)10-8-13/h3-10,17H,2,11-12H2,1H3,(H,22,23). The monoisotopic (exact) mass is 379 g/mol. The minimum absolute atomic E-state index is 0.0178. The second-order valence-corrected chi connectivity index (χ2v) is 6.30. The molecule has 4 nitrogen and oxygen atoms in total. The first-order valence-electron chi connectivity index (χ1n) is 7.93. The molecule has 0 heterocycles. The minimum Gasteiger partial charge on any atom is -0.466 e. The molecule has 1 N–H and O–H groups in total. The molecule has 1 atom stereocenters. The first-order valence-corrected chi connectivity index (χ1v) is 8.69. The summed E-state index contributed by atoms with van der Waals surface area (Å²) in [5.41, 5.74) is 1.51. The first-order chi connectivity index (χ1) is 12.0. The lowest BCUT2D eigenvalue weighted by atomic mass is 10.0. The number of amides is 1. The highest BCUT2D eigenvalue weighted by Gasteiger charge is 2.21. The van der Waals surface area contributed by atoms with Crippen molar-refractivity contribution in [1.29, 1.82) is 0 Å². The van der Waals surface area contributed by atoms with Crippen LogP contribution in [-0.2, 0) is 20.7 Å². The van der Waals surface area contributed by atoms with E-state index in [1.165, 1.54) is 0 Å². The fraction of sp³-hybridized carbons (Fsp3) is 0.263. The summed E-state index contributed by atoms with van der Waals surface area (Å²) in [6, 6.07) is 13.6. The second kappa shape index (κ2) is 9.44. The Bertz CT molecular complexity index is 732. The number of benzene rings is 2. The molecule has 0 spiro atoms. The number of carbonyl (C=O) groups excluding carboxylic acids is 2. The van der Waals surface area contributed by atoms with Crippen LogP contribution in [0.15, 0.2) is 48.5 Å². The van der Waals surface area contributed by atoms with Crippen molar-refractivity contribution >= 4 is 35.1 Å². The molecule has 0 bridgehead atoms. The molecule has 25 heavy (non-hydrogen) atoms. The first kappa shape index (κ1) is 19.3. The van der Waals surface area contributed by atoms with Gasteiger partial charge in [0.1, 0.15) is 0 Å². The van der Waals surface area contributed by atoms with E-state index in [-0.39, 0.29) is 31.3 Å². The molecule has 0 fully saturated rings. The molecule has 1 amide bonds. The number of esters is 1. The van der Waals surface area contributed by atoms with Gasteiger partial charge in [-0.15, -0.1) is 0 Å². The summed E-state index contributed by atoms with van der Waals surface area (Å²) in [4.78, 5) is 24.3. The zero-order chi connectivity index (χ0) is 18.2. The fourth-order valence-corrected chi connectivity index (χ4v) is 2.81. The molecule has 2 rings (SSSR count). The highest BCUT2D eigenvalue weighted by molar-refractivity contribution is 6.31. The van der Waals surface area contributed by atoms with Gasteiger partial charge in [-0.05, 0) is 36.2 Å². The van der Waals surface area contributed by atoms with Crippen LogP contribution in [0.25, 0.3) is 0 Å². The molecule has 0 saturated heterocycles. The summed E-state index contributed by atoms with van der Waals surface area (Å²) in [6.07, 6.45) is 0.199. The molecule has 2 aromatic rings. The summed E-state index contributed by atoms with van der Waals surface area (Å²) in [7, 11) is 0. The lowest BCUT2D eigenvalue weighted by Gasteiger charge is -2.19. The average Bonchev–Trinajstić information content (AvgIpc) is 2.57. The third-order valence-corrected chi connectivity index (χ3v) is 4.17. The van der Waals surface area contributed by atoms with Crippen molar-refractivity contribution in [3.05, 3.63) is 69.7 Å². The van der Waals surface area contributed by atoms with Gasteiger partial charge >= 0.3 is 5.97 Å². The van der Waals surface area contributed by atoms with Gasteiger partial charge in [0.25, 0.3) is 0 Å². The number of nitrogens with one attached hydrogen (secondary N) is 1. The van der Waals surface area contributed by atoms with E-state index in [1.807, 2.05) is 6.07 Å². The predicted molar refractivity (Wildman–Crippen MR) is 98.7 cm³/mol. The predicted octanol–water partition coefficient (Wildman–Crippen LogP) is 4.35. The van der Waals surface area contributed by atoms with E-state index >= 15 is 0 Å². The Morgan fingerprint density at radius 1 is 1.08 bits per heavy atom. The second-order valence-electron chi connectivity index (χ2n) is 5.45. The number of carbonyl (C=O) groups is 2. The van der Waals surface area contributed by atoms with Gasteiger partial charge in [0.2, 0.25) is 5.91 Å². The molecule has 0 aromatic heterocycles. The Hall–Kier alpha value is -2.04. The van der Waals surface area contributed by atoms with Crippen LogP contribution in [0.5, 0.6) is 0 Å². The quantitative estimate of drug-likeness (QED) is 0.727. The van der Waals surface area contributed by atoms with Crippen molar-refractivity contribution in [2.45, 2.75) is 25.8 Å². The van der Waals surface area contributed by atoms with Crippen LogP contribution in [0.3, 0.4) is 0 Å². The summed E-state index contributed by atoms with van der Waals surface area (Å²) in [5, 5.41) is 3.97. The van der Waals surface area contributed by atoms with Crippen molar-refractivity contribution in [3.8, 4) is 0 Å². The van der Waals surface area contributed by atoms with Crippen LogP contribution in [0.1, 0.15) is 30.5 Å². The Kier molecular flexibility index (Phi) is 7.29. The third-order valence-electron chi connectivity index (χ3n) is 3.57. The molecule has 132 valence electrons. The van der Waals surface area contributed by atoms with Crippen molar-refractivity contribution in [2.24, 2.45) is 0 Å². The van der Waals surface area contributed by atoms with Crippen LogP contribution >= 0.6 is 23.2 Å². The van der Waals surface area contributed by atoms with E-state index in [2.05, 4.69) is 5.32 Å². The Labute approximate surface area is 157 Å². The van der Waals surface area contributed by atoms with Gasteiger partial charge < -0.3 is 10.1 Å². The number of hydrogen-bond acceptors (Lipinski definition) is 3. The summed E-state index contributed by atoms with van der Waals surface area (Å²) in [6.45, 7) is 2.02. The Morgan fingerprint density at radius 3 is 2.40 bits per heavy atom. The maximum Gasteiger partial charge on any atom is 0.308 e. The number of halogens is 2. The molecular weight excluding hydrogens is 361 g/mol. The van der Waals surface area contributed by atoms with Gasteiger partial charge in [0.15, 0.2) is 0 Å². The zero-order valence-corrected chi connectivity index (χ0v) is 15.3. The zero-order valence-electron chi connectivity index (χ0n) is 13.8. The van der Waals surface area contributed by atoms with Crippen molar-refractivity contribution in [2.75, 3.05) is 6.61 Å². The summed E-state index contributed by atoms with van der Waals surface area (Å²) in [5.74, 6) is -0.601. The minimum atomic E-state index is -0.549. The van der Waals surface area contributed by atoms with Gasteiger partial charge in [-0.3, -0.25) is 9.59 Å². The third kappa shape index (κ3) is 6.07. The molecule has 0 radical (unpaired) electrons. The SMILES string of the molecule is CCOC(=O)CC(NC(=O)Cc1ccc(Cl)cc1)c1ccccc1Cl. The van der Waals surface area contributed by atoms with E-state index in [1.54, 1.807) is 49.4 Å². The van der Waals surface area contributed by atoms with Crippen molar-refractivity contribution in [3.63, 3.8) is 0 Å². The highest BCUT2D eigenvalue weighted by atomic mass is 35.5. The van der Waals surface area contributed by atoms with Gasteiger partial charge in [0.05, 0.1) is 25.5 Å². The highest BCUT2D eigenvalue weighted by Crippen LogP contribution is 2.25. The lowest BCUT2D eigenvalue weighted by molar-refractivity contribution is -0.143. The van der Waals surface area contributed by atoms with Crippen molar-refractivity contribution in [1.82, 2.24) is 5.32 Å². The molecule has 1 unspecified atom stereocenters. The molecule has 0 aliphatic heterocycles. The van der Waals surface area contributed by atoms with Gasteiger partial charge in [-0.2, -0.15) is 0 Å². The van der Waals surface area contributed by atoms with Crippen molar-refractivity contribution < 1.29 is 14.3 Å². The molecule has 0 saturated carbocycles. The summed E-state index contributed by atoms with van der Waals surface area (Å²) < 4.78 is 5.00. The van der Waals surface area contributed by atoms with E-state index in [0.29, 0.717) is 15.6 Å². The van der Waals surface area contributed by atoms with Crippen LogP contribution in [0.4, 0.5) is 0 Å². The number of ether oxygens (including phenoxy) is 1. The number of rotatable bonds is 7. The van der Waals surface area contributed by atoms with Crippen LogP contribution in [0.2, 0.25) is 10.0 Å². The maximum atomic E-state index is 12.4. The molecule has 2 aromatic carbocycles. The largest absolute Gasteiger partial charge is 0.466 e. The van der Waals surface area contributed by atoms with Crippen LogP contribution in [0, 0.1) is 0 Å². The topological polar surface area (TPSA) is 55.4 Å². The normalized spacial score (nSPS) is 11.6. The Morgan fingerprint density at radius 2 is 1.76 bits per heavy atom. The van der Waals surface area contributed by atoms with E-state index in [9.17, 15) is 9.59 Å². The fourth-order valence-electron chi connectivity index (χ4n) is 2.42.